The summed E-state index contributed by atoms with van der Waals surface area (Å²) in [7, 11) is 0. The van der Waals surface area contributed by atoms with Gasteiger partial charge in [-0.1, -0.05) is 42.5 Å². The molecule has 5 nitrogen and oxygen atoms in total. The first-order chi connectivity index (χ1) is 15.7. The standard InChI is InChI=1S/C26H22BrNO4/c27-21-10-4-5-11-23(21)32-24-16-30-26-19(25(24)29)12-13-22-20(26)15-28(17-31-22)14-6-9-18-7-2-1-3-8-18/h1-5,7-8,10-13,16H,6,9,14-15,17H2. The van der Waals surface area contributed by atoms with E-state index >= 15 is 0 Å². The first-order valence-corrected chi connectivity index (χ1v) is 11.4. The highest BCUT2D eigenvalue weighted by Gasteiger charge is 2.23. The molecule has 1 aliphatic rings. The van der Waals surface area contributed by atoms with Gasteiger partial charge in [0.2, 0.25) is 11.2 Å². The monoisotopic (exact) mass is 491 g/mol. The molecule has 5 rings (SSSR count). The lowest BCUT2D eigenvalue weighted by Gasteiger charge is -2.29. The zero-order chi connectivity index (χ0) is 21.9. The molecule has 3 aromatic carbocycles. The maximum atomic E-state index is 13.1. The third-order valence-corrected chi connectivity index (χ3v) is 6.25. The van der Waals surface area contributed by atoms with Gasteiger partial charge in [-0.05, 0) is 58.6 Å². The molecule has 0 amide bonds. The van der Waals surface area contributed by atoms with Crippen LogP contribution in [-0.2, 0) is 13.0 Å². The summed E-state index contributed by atoms with van der Waals surface area (Å²) in [5.41, 5.74) is 2.59. The van der Waals surface area contributed by atoms with Crippen LogP contribution in [0.2, 0.25) is 0 Å². The summed E-state index contributed by atoms with van der Waals surface area (Å²) >= 11 is 3.44. The Bertz CT molecular complexity index is 1300. The predicted octanol–water partition coefficient (Wildman–Crippen LogP) is 6.13. The van der Waals surface area contributed by atoms with Gasteiger partial charge in [0.05, 0.1) is 15.4 Å². The van der Waals surface area contributed by atoms with Crippen LogP contribution in [0, 0.1) is 0 Å². The second kappa shape index (κ2) is 9.18. The quantitative estimate of drug-likeness (QED) is 0.324. The van der Waals surface area contributed by atoms with Gasteiger partial charge in [-0.15, -0.1) is 0 Å². The number of rotatable bonds is 6. The molecule has 0 saturated heterocycles. The summed E-state index contributed by atoms with van der Waals surface area (Å²) in [5.74, 6) is 1.48. The Morgan fingerprint density at radius 3 is 2.62 bits per heavy atom. The fraction of sp³-hybridized carbons (Fsp3) is 0.192. The molecule has 0 spiro atoms. The maximum Gasteiger partial charge on any atom is 0.235 e. The minimum atomic E-state index is -0.203. The van der Waals surface area contributed by atoms with Crippen molar-refractivity contribution in [2.24, 2.45) is 0 Å². The Kier molecular flexibility index (Phi) is 5.97. The number of para-hydroxylation sites is 1. The van der Waals surface area contributed by atoms with Crippen molar-refractivity contribution in [3.63, 3.8) is 0 Å². The van der Waals surface area contributed by atoms with Crippen LogP contribution >= 0.6 is 15.9 Å². The lowest BCUT2D eigenvalue weighted by molar-refractivity contribution is 0.0946. The van der Waals surface area contributed by atoms with Crippen molar-refractivity contribution in [3.05, 3.63) is 98.8 Å². The highest BCUT2D eigenvalue weighted by Crippen LogP contribution is 2.33. The minimum Gasteiger partial charge on any atom is -0.478 e. The summed E-state index contributed by atoms with van der Waals surface area (Å²) in [5, 5.41) is 0.489. The lowest BCUT2D eigenvalue weighted by Crippen LogP contribution is -2.33. The van der Waals surface area contributed by atoms with E-state index in [1.165, 1.54) is 11.8 Å². The van der Waals surface area contributed by atoms with E-state index in [0.717, 1.165) is 35.2 Å². The molecule has 0 aliphatic carbocycles. The fourth-order valence-electron chi connectivity index (χ4n) is 3.95. The van der Waals surface area contributed by atoms with Crippen LogP contribution in [-0.4, -0.2) is 18.2 Å². The summed E-state index contributed by atoms with van der Waals surface area (Å²) < 4.78 is 18.4. The van der Waals surface area contributed by atoms with Gasteiger partial charge in [0.25, 0.3) is 0 Å². The third kappa shape index (κ3) is 4.29. The molecule has 0 unspecified atom stereocenters. The van der Waals surface area contributed by atoms with E-state index in [4.69, 9.17) is 13.9 Å². The van der Waals surface area contributed by atoms with Gasteiger partial charge < -0.3 is 13.9 Å². The van der Waals surface area contributed by atoms with Crippen LogP contribution in [0.4, 0.5) is 0 Å². The number of benzene rings is 3. The number of hydrogen-bond donors (Lipinski definition) is 0. The molecule has 1 aliphatic heterocycles. The normalized spacial score (nSPS) is 13.5. The fourth-order valence-corrected chi connectivity index (χ4v) is 4.31. The smallest absolute Gasteiger partial charge is 0.235 e. The van der Waals surface area contributed by atoms with E-state index in [9.17, 15) is 4.79 Å². The molecule has 162 valence electrons. The highest BCUT2D eigenvalue weighted by molar-refractivity contribution is 9.10. The molecular formula is C26H22BrNO4. The molecular weight excluding hydrogens is 470 g/mol. The van der Waals surface area contributed by atoms with Crippen LogP contribution in [0.25, 0.3) is 11.0 Å². The Labute approximate surface area is 194 Å². The number of nitrogens with zero attached hydrogens (tertiary/aromatic N) is 1. The van der Waals surface area contributed by atoms with E-state index in [2.05, 4.69) is 45.1 Å². The molecule has 0 N–H and O–H groups in total. The summed E-state index contributed by atoms with van der Waals surface area (Å²) in [6.45, 7) is 2.10. The van der Waals surface area contributed by atoms with Gasteiger partial charge in [-0.3, -0.25) is 9.69 Å². The second-order valence-corrected chi connectivity index (χ2v) is 8.65. The van der Waals surface area contributed by atoms with E-state index in [1.807, 2.05) is 30.3 Å². The van der Waals surface area contributed by atoms with Crippen LogP contribution in [0.1, 0.15) is 17.5 Å². The molecule has 0 saturated carbocycles. The number of fused-ring (bicyclic) bond motifs is 3. The molecule has 2 heterocycles. The Morgan fingerprint density at radius 2 is 1.78 bits per heavy atom. The third-order valence-electron chi connectivity index (χ3n) is 5.59. The van der Waals surface area contributed by atoms with Crippen molar-refractivity contribution < 1.29 is 13.9 Å². The van der Waals surface area contributed by atoms with Crippen LogP contribution < -0.4 is 14.9 Å². The van der Waals surface area contributed by atoms with Crippen molar-refractivity contribution in [3.8, 4) is 17.2 Å². The summed E-state index contributed by atoms with van der Waals surface area (Å²) in [6, 6.07) is 21.5. The highest BCUT2D eigenvalue weighted by atomic mass is 79.9. The lowest BCUT2D eigenvalue weighted by atomic mass is 10.1. The largest absolute Gasteiger partial charge is 0.478 e. The van der Waals surface area contributed by atoms with Gasteiger partial charge in [-0.2, -0.15) is 0 Å². The molecule has 1 aromatic heterocycles. The molecule has 6 heteroatoms. The van der Waals surface area contributed by atoms with Crippen molar-refractivity contribution in [1.29, 1.82) is 0 Å². The number of hydrogen-bond acceptors (Lipinski definition) is 5. The summed E-state index contributed by atoms with van der Waals surface area (Å²) in [4.78, 5) is 15.3. The van der Waals surface area contributed by atoms with Gasteiger partial charge in [0.15, 0.2) is 0 Å². The second-order valence-electron chi connectivity index (χ2n) is 7.80. The number of ether oxygens (including phenoxy) is 2. The SMILES string of the molecule is O=c1c(Oc2ccccc2Br)coc2c3c(ccc12)OCN(CCCc1ccccc1)C3. The molecule has 0 atom stereocenters. The molecule has 32 heavy (non-hydrogen) atoms. The molecule has 0 radical (unpaired) electrons. The Hall–Kier alpha value is -3.09. The predicted molar refractivity (Wildman–Crippen MR) is 127 cm³/mol. The molecule has 0 bridgehead atoms. The average Bonchev–Trinajstić information content (AvgIpc) is 2.82. The van der Waals surface area contributed by atoms with Crippen LogP contribution in [0.3, 0.4) is 0 Å². The zero-order valence-corrected chi connectivity index (χ0v) is 19.0. The van der Waals surface area contributed by atoms with E-state index in [1.54, 1.807) is 12.1 Å². The number of aryl methyl sites for hydroxylation is 1. The Balaban J connectivity index is 1.36. The van der Waals surface area contributed by atoms with Gasteiger partial charge >= 0.3 is 0 Å². The Morgan fingerprint density at radius 1 is 0.969 bits per heavy atom. The van der Waals surface area contributed by atoms with Crippen LogP contribution in [0.5, 0.6) is 17.2 Å². The zero-order valence-electron chi connectivity index (χ0n) is 17.4. The first kappa shape index (κ1) is 20.8. The van der Waals surface area contributed by atoms with Gasteiger partial charge in [0.1, 0.15) is 30.1 Å². The van der Waals surface area contributed by atoms with Crippen molar-refractivity contribution in [2.75, 3.05) is 13.3 Å². The van der Waals surface area contributed by atoms with E-state index in [-0.39, 0.29) is 11.2 Å². The summed E-state index contributed by atoms with van der Waals surface area (Å²) in [6.07, 6.45) is 3.44. The van der Waals surface area contributed by atoms with Crippen molar-refractivity contribution >= 4 is 26.9 Å². The van der Waals surface area contributed by atoms with Crippen molar-refractivity contribution in [2.45, 2.75) is 19.4 Å². The maximum absolute atomic E-state index is 13.1. The van der Waals surface area contributed by atoms with E-state index < -0.39 is 0 Å². The van der Waals surface area contributed by atoms with Gasteiger partial charge in [0, 0.05) is 13.1 Å². The molecule has 4 aromatic rings. The topological polar surface area (TPSA) is 51.9 Å². The average molecular weight is 492 g/mol. The van der Waals surface area contributed by atoms with E-state index in [0.29, 0.717) is 30.0 Å². The minimum absolute atomic E-state index is 0.154. The van der Waals surface area contributed by atoms with Crippen molar-refractivity contribution in [1.82, 2.24) is 4.90 Å². The van der Waals surface area contributed by atoms with Crippen LogP contribution in [0.15, 0.2) is 86.7 Å². The van der Waals surface area contributed by atoms with Gasteiger partial charge in [-0.25, -0.2) is 0 Å². The number of halogens is 1. The molecule has 0 fully saturated rings. The first-order valence-electron chi connectivity index (χ1n) is 10.6.